The third-order valence-corrected chi connectivity index (χ3v) is 4.88. The lowest BCUT2D eigenvalue weighted by Crippen LogP contribution is -2.10. The number of hydrogen-bond donors (Lipinski definition) is 1. The van der Waals surface area contributed by atoms with Crippen LogP contribution in [0.15, 0.2) is 59.8 Å². The molecule has 0 bridgehead atoms. The molecule has 136 valence electrons. The number of aryl methyl sites for hydroxylation is 1. The Labute approximate surface area is 162 Å². The summed E-state index contributed by atoms with van der Waals surface area (Å²) in [7, 11) is 0.455. The van der Waals surface area contributed by atoms with Gasteiger partial charge in [0.1, 0.15) is 11.0 Å². The van der Waals surface area contributed by atoms with Crippen LogP contribution in [0.1, 0.15) is 19.5 Å². The molecular formula is C20H22ClN3OS. The zero-order valence-electron chi connectivity index (χ0n) is 15.3. The quantitative estimate of drug-likeness (QED) is 0.682. The summed E-state index contributed by atoms with van der Waals surface area (Å²) in [4.78, 5) is 9.54. The molecule has 1 unspecified atom stereocenters. The molecule has 2 aromatic heterocycles. The van der Waals surface area contributed by atoms with Crippen molar-refractivity contribution >= 4 is 22.6 Å². The van der Waals surface area contributed by atoms with Crippen molar-refractivity contribution in [3.8, 4) is 22.4 Å². The first-order valence-corrected chi connectivity index (χ1v) is 9.89. The van der Waals surface area contributed by atoms with Crippen molar-refractivity contribution in [2.24, 2.45) is 0 Å². The van der Waals surface area contributed by atoms with E-state index in [4.69, 9.17) is 11.6 Å². The van der Waals surface area contributed by atoms with Crippen LogP contribution in [-0.2, 0) is 11.0 Å². The number of hydrogen-bond acceptors (Lipinski definition) is 3. The SMILES string of the molecule is CC.CNS(=O)c1ccc(-c2cc(Cl)cnc2-c2ccc(C)nc2)cc1. The van der Waals surface area contributed by atoms with Crippen LogP contribution in [0.4, 0.5) is 0 Å². The molecule has 0 aliphatic heterocycles. The molecule has 3 rings (SSSR count). The van der Waals surface area contributed by atoms with Gasteiger partial charge in [-0.1, -0.05) is 37.6 Å². The molecule has 6 heteroatoms. The van der Waals surface area contributed by atoms with E-state index in [0.29, 0.717) is 5.02 Å². The van der Waals surface area contributed by atoms with Gasteiger partial charge in [0.2, 0.25) is 0 Å². The second-order valence-corrected chi connectivity index (χ2v) is 7.09. The third kappa shape index (κ3) is 4.75. The van der Waals surface area contributed by atoms with E-state index in [1.54, 1.807) is 19.4 Å². The van der Waals surface area contributed by atoms with E-state index in [1.807, 2.05) is 63.2 Å². The van der Waals surface area contributed by atoms with Gasteiger partial charge in [-0.3, -0.25) is 9.97 Å². The van der Waals surface area contributed by atoms with Crippen molar-refractivity contribution in [2.75, 3.05) is 7.05 Å². The van der Waals surface area contributed by atoms with Gasteiger partial charge in [0.15, 0.2) is 0 Å². The lowest BCUT2D eigenvalue weighted by atomic mass is 10.0. The van der Waals surface area contributed by atoms with Gasteiger partial charge in [0, 0.05) is 29.2 Å². The molecule has 26 heavy (non-hydrogen) atoms. The van der Waals surface area contributed by atoms with E-state index in [-0.39, 0.29) is 0 Å². The van der Waals surface area contributed by atoms with Crippen molar-refractivity contribution in [3.63, 3.8) is 0 Å². The Bertz CT molecular complexity index is 881. The van der Waals surface area contributed by atoms with E-state index in [9.17, 15) is 4.21 Å². The minimum Gasteiger partial charge on any atom is -0.261 e. The standard InChI is InChI=1S/C18H16ClN3OS.C2H6/c1-12-3-4-14(10-21-12)18-17(9-15(19)11-22-18)13-5-7-16(8-6-13)24(23)20-2;1-2/h3-11,20H,1-2H3;1-2H3. The number of nitrogens with zero attached hydrogens (tertiary/aromatic N) is 2. The number of pyridine rings is 2. The number of aromatic nitrogens is 2. The third-order valence-electron chi connectivity index (χ3n) is 3.60. The lowest BCUT2D eigenvalue weighted by molar-refractivity contribution is 0.678. The minimum atomic E-state index is -1.21. The Balaban J connectivity index is 0.00000117. The maximum absolute atomic E-state index is 11.8. The molecule has 2 heterocycles. The summed E-state index contributed by atoms with van der Waals surface area (Å²) in [5, 5.41) is 0.566. The number of rotatable bonds is 4. The predicted molar refractivity (Wildman–Crippen MR) is 109 cm³/mol. The normalized spacial score (nSPS) is 11.4. The van der Waals surface area contributed by atoms with Gasteiger partial charge in [-0.15, -0.1) is 0 Å². The lowest BCUT2D eigenvalue weighted by Gasteiger charge is -2.10. The summed E-state index contributed by atoms with van der Waals surface area (Å²) in [6, 6.07) is 13.3. The Hall–Kier alpha value is -2.08. The largest absolute Gasteiger partial charge is 0.261 e. The molecule has 0 radical (unpaired) electrons. The van der Waals surface area contributed by atoms with Crippen LogP contribution in [-0.4, -0.2) is 21.2 Å². The van der Waals surface area contributed by atoms with Crippen LogP contribution < -0.4 is 4.72 Å². The van der Waals surface area contributed by atoms with Crippen LogP contribution >= 0.6 is 11.6 Å². The molecule has 1 N–H and O–H groups in total. The number of benzene rings is 1. The zero-order chi connectivity index (χ0) is 19.1. The van der Waals surface area contributed by atoms with Gasteiger partial charge in [-0.05, 0) is 49.9 Å². The first kappa shape index (κ1) is 20.2. The Morgan fingerprint density at radius 1 is 0.962 bits per heavy atom. The highest BCUT2D eigenvalue weighted by atomic mass is 35.5. The first-order chi connectivity index (χ1) is 12.6. The van der Waals surface area contributed by atoms with Crippen molar-refractivity contribution < 1.29 is 4.21 Å². The minimum absolute atomic E-state index is 0.566. The molecule has 0 aliphatic carbocycles. The topological polar surface area (TPSA) is 54.9 Å². The van der Waals surface area contributed by atoms with Gasteiger partial charge >= 0.3 is 0 Å². The molecular weight excluding hydrogens is 366 g/mol. The Morgan fingerprint density at radius 2 is 1.62 bits per heavy atom. The fourth-order valence-electron chi connectivity index (χ4n) is 2.37. The van der Waals surface area contributed by atoms with E-state index >= 15 is 0 Å². The highest BCUT2D eigenvalue weighted by Crippen LogP contribution is 2.32. The molecule has 0 saturated carbocycles. The summed E-state index contributed by atoms with van der Waals surface area (Å²) >= 11 is 6.15. The monoisotopic (exact) mass is 387 g/mol. The zero-order valence-corrected chi connectivity index (χ0v) is 16.9. The molecule has 0 amide bonds. The highest BCUT2D eigenvalue weighted by molar-refractivity contribution is 7.83. The van der Waals surface area contributed by atoms with E-state index in [2.05, 4.69) is 14.7 Å². The average Bonchev–Trinajstić information content (AvgIpc) is 2.70. The summed E-state index contributed by atoms with van der Waals surface area (Å²) in [5.74, 6) is 0. The van der Waals surface area contributed by atoms with Crippen LogP contribution in [0.5, 0.6) is 0 Å². The molecule has 1 atom stereocenters. The van der Waals surface area contributed by atoms with Crippen molar-refractivity contribution in [1.82, 2.24) is 14.7 Å². The molecule has 0 saturated heterocycles. The molecule has 0 fully saturated rings. The van der Waals surface area contributed by atoms with E-state index in [1.165, 1.54) is 0 Å². The van der Waals surface area contributed by atoms with Gasteiger partial charge in [-0.25, -0.2) is 8.93 Å². The maximum Gasteiger partial charge on any atom is 0.124 e. The molecule has 3 aromatic rings. The van der Waals surface area contributed by atoms with E-state index in [0.717, 1.165) is 33.0 Å². The summed E-state index contributed by atoms with van der Waals surface area (Å²) in [6.07, 6.45) is 3.43. The van der Waals surface area contributed by atoms with Crippen LogP contribution in [0.3, 0.4) is 0 Å². The Kier molecular flexibility index (Phi) is 7.45. The van der Waals surface area contributed by atoms with Gasteiger partial charge in [0.25, 0.3) is 0 Å². The highest BCUT2D eigenvalue weighted by Gasteiger charge is 2.11. The van der Waals surface area contributed by atoms with Crippen molar-refractivity contribution in [1.29, 1.82) is 0 Å². The van der Waals surface area contributed by atoms with Gasteiger partial charge in [0.05, 0.1) is 15.6 Å². The second kappa shape index (κ2) is 9.57. The summed E-state index contributed by atoms with van der Waals surface area (Å²) in [6.45, 7) is 5.95. The maximum atomic E-state index is 11.8. The molecule has 1 aromatic carbocycles. The number of nitrogens with one attached hydrogen (secondary N) is 1. The second-order valence-electron chi connectivity index (χ2n) is 5.24. The van der Waals surface area contributed by atoms with Crippen molar-refractivity contribution in [2.45, 2.75) is 25.7 Å². The van der Waals surface area contributed by atoms with Gasteiger partial charge < -0.3 is 0 Å². The predicted octanol–water partition coefficient (Wildman–Crippen LogP) is 5.04. The van der Waals surface area contributed by atoms with Crippen LogP contribution in [0.25, 0.3) is 22.4 Å². The first-order valence-electron chi connectivity index (χ1n) is 8.36. The molecule has 4 nitrogen and oxygen atoms in total. The summed E-state index contributed by atoms with van der Waals surface area (Å²) in [5.41, 5.74) is 4.56. The molecule has 0 spiro atoms. The molecule has 0 aliphatic rings. The smallest absolute Gasteiger partial charge is 0.124 e. The van der Waals surface area contributed by atoms with Crippen molar-refractivity contribution in [3.05, 3.63) is 65.6 Å². The van der Waals surface area contributed by atoms with Crippen LogP contribution in [0, 0.1) is 6.92 Å². The summed E-state index contributed by atoms with van der Waals surface area (Å²) < 4.78 is 14.5. The van der Waals surface area contributed by atoms with E-state index < -0.39 is 11.0 Å². The number of halogens is 1. The fraction of sp³-hybridized carbons (Fsp3) is 0.200. The average molecular weight is 388 g/mol. The Morgan fingerprint density at radius 3 is 2.19 bits per heavy atom. The van der Waals surface area contributed by atoms with Crippen LogP contribution in [0.2, 0.25) is 5.02 Å². The fourth-order valence-corrected chi connectivity index (χ4v) is 3.15. The van der Waals surface area contributed by atoms with Gasteiger partial charge in [-0.2, -0.15) is 0 Å².